The summed E-state index contributed by atoms with van der Waals surface area (Å²) >= 11 is 0. The Kier molecular flexibility index (Phi) is 4.45. The van der Waals surface area contributed by atoms with Crippen LogP contribution in [0.25, 0.3) is 11.5 Å². The van der Waals surface area contributed by atoms with Crippen LogP contribution in [0.1, 0.15) is 23.2 Å². The maximum absolute atomic E-state index is 11.7. The lowest BCUT2D eigenvalue weighted by Gasteiger charge is -1.99. The summed E-state index contributed by atoms with van der Waals surface area (Å²) in [5.74, 6) is 0.840. The minimum absolute atomic E-state index is 0.0807. The Balaban J connectivity index is 2.34. The molecule has 0 fully saturated rings. The zero-order valence-corrected chi connectivity index (χ0v) is 11.4. The molecule has 1 aromatic carbocycles. The first-order valence-electron chi connectivity index (χ1n) is 6.21. The highest BCUT2D eigenvalue weighted by Gasteiger charge is 2.20. The van der Waals surface area contributed by atoms with Gasteiger partial charge in [0.25, 0.3) is 0 Å². The first-order chi connectivity index (χ1) is 9.69. The maximum atomic E-state index is 11.7. The van der Waals surface area contributed by atoms with Gasteiger partial charge in [0, 0.05) is 5.56 Å². The van der Waals surface area contributed by atoms with Crippen LogP contribution in [0.2, 0.25) is 0 Å². The van der Waals surface area contributed by atoms with Crippen LogP contribution in [0.5, 0.6) is 5.75 Å². The van der Waals surface area contributed by atoms with E-state index in [0.29, 0.717) is 11.7 Å². The fourth-order valence-electron chi connectivity index (χ4n) is 1.71. The minimum Gasteiger partial charge on any atom is -0.497 e. The Morgan fingerprint density at radius 3 is 2.60 bits per heavy atom. The molecule has 0 bridgehead atoms. The van der Waals surface area contributed by atoms with Crippen molar-refractivity contribution >= 4 is 13.8 Å². The number of carbonyl (C=O) groups excluding carboxylic acids is 1. The van der Waals surface area contributed by atoms with E-state index in [1.165, 1.54) is 0 Å². The average molecular weight is 271 g/mol. The molecule has 20 heavy (non-hydrogen) atoms. The number of nitrogens with zero attached hydrogens (tertiary/aromatic N) is 1. The van der Waals surface area contributed by atoms with Crippen LogP contribution in [0.15, 0.2) is 28.7 Å². The molecule has 0 spiro atoms. The van der Waals surface area contributed by atoms with Crippen molar-refractivity contribution in [1.29, 1.82) is 0 Å². The molecule has 2 aromatic rings. The molecular weight excluding hydrogens is 257 g/mol. The van der Waals surface area contributed by atoms with Gasteiger partial charge in [-0.3, -0.25) is 0 Å². The van der Waals surface area contributed by atoms with Gasteiger partial charge >= 0.3 is 5.97 Å². The van der Waals surface area contributed by atoms with Crippen LogP contribution < -0.4 is 4.74 Å². The van der Waals surface area contributed by atoms with Crippen molar-refractivity contribution in [3.8, 4) is 17.2 Å². The van der Waals surface area contributed by atoms with Gasteiger partial charge < -0.3 is 13.9 Å². The number of ether oxygens (including phenoxy) is 2. The molecule has 0 amide bonds. The molecule has 0 saturated carbocycles. The fourth-order valence-corrected chi connectivity index (χ4v) is 1.71. The van der Waals surface area contributed by atoms with Crippen molar-refractivity contribution in [2.45, 2.75) is 13.2 Å². The number of rotatable bonds is 5. The van der Waals surface area contributed by atoms with Gasteiger partial charge in [0.05, 0.1) is 21.6 Å². The van der Waals surface area contributed by atoms with Gasteiger partial charge in [-0.05, 0) is 37.5 Å². The van der Waals surface area contributed by atoms with E-state index >= 15 is 0 Å². The lowest BCUT2D eigenvalue weighted by atomic mass is 10.0. The van der Waals surface area contributed by atoms with Crippen molar-refractivity contribution in [2.24, 2.45) is 0 Å². The van der Waals surface area contributed by atoms with Crippen LogP contribution in [0.4, 0.5) is 0 Å². The second-order valence-electron chi connectivity index (χ2n) is 3.94. The molecule has 0 atom stereocenters. The molecule has 6 heteroatoms. The second-order valence-corrected chi connectivity index (χ2v) is 3.94. The number of esters is 1. The molecule has 1 aromatic heterocycles. The van der Waals surface area contributed by atoms with Crippen LogP contribution in [0, 0.1) is 0 Å². The van der Waals surface area contributed by atoms with Crippen molar-refractivity contribution in [2.75, 3.05) is 13.7 Å². The number of oxazole rings is 1. The third-order valence-corrected chi connectivity index (χ3v) is 2.69. The molecule has 0 aliphatic rings. The summed E-state index contributed by atoms with van der Waals surface area (Å²) in [6.45, 7) is 2.00. The first kappa shape index (κ1) is 14.2. The standard InChI is InChI=1S/C14H14BNO4/c1-3-19-14(17)12-11(8-15)20-13(16-12)9-4-6-10(18-2)7-5-9/h4-7H,3,8H2,1-2H3. The van der Waals surface area contributed by atoms with Crippen molar-refractivity contribution in [3.63, 3.8) is 0 Å². The van der Waals surface area contributed by atoms with Crippen molar-refractivity contribution < 1.29 is 18.7 Å². The molecule has 2 rings (SSSR count). The number of methoxy groups -OCH3 is 1. The summed E-state index contributed by atoms with van der Waals surface area (Å²) in [6.07, 6.45) is 0.0807. The SMILES string of the molecule is [B]Cc1oc(-c2ccc(OC)cc2)nc1C(=O)OCC. The molecule has 0 aliphatic carbocycles. The van der Waals surface area contributed by atoms with Crippen LogP contribution in [-0.4, -0.2) is 32.5 Å². The van der Waals surface area contributed by atoms with E-state index in [2.05, 4.69) is 4.98 Å². The van der Waals surface area contributed by atoms with Crippen LogP contribution >= 0.6 is 0 Å². The number of hydrogen-bond donors (Lipinski definition) is 0. The number of hydrogen-bond acceptors (Lipinski definition) is 5. The van der Waals surface area contributed by atoms with Crippen LogP contribution in [0.3, 0.4) is 0 Å². The molecule has 0 saturated heterocycles. The highest BCUT2D eigenvalue weighted by Crippen LogP contribution is 2.24. The van der Waals surface area contributed by atoms with Gasteiger partial charge in [-0.1, -0.05) is 0 Å². The summed E-state index contributed by atoms with van der Waals surface area (Å²) in [5.41, 5.74) is 0.858. The molecule has 1 heterocycles. The molecule has 102 valence electrons. The summed E-state index contributed by atoms with van der Waals surface area (Å²) in [4.78, 5) is 15.9. The Morgan fingerprint density at radius 1 is 1.35 bits per heavy atom. The normalized spacial score (nSPS) is 10.3. The van der Waals surface area contributed by atoms with Gasteiger partial charge in [-0.25, -0.2) is 9.78 Å². The highest BCUT2D eigenvalue weighted by atomic mass is 16.5. The lowest BCUT2D eigenvalue weighted by molar-refractivity contribution is 0.0518. The fraction of sp³-hybridized carbons (Fsp3) is 0.286. The summed E-state index contributed by atoms with van der Waals surface area (Å²) in [5, 5.41) is 0. The average Bonchev–Trinajstić information content (AvgIpc) is 2.92. The number of carbonyl (C=O) groups is 1. The molecular formula is C14H14BNO4. The molecule has 5 nitrogen and oxygen atoms in total. The Morgan fingerprint density at radius 2 is 2.05 bits per heavy atom. The Hall–Kier alpha value is -2.24. The molecule has 0 aliphatic heterocycles. The predicted octanol–water partition coefficient (Wildman–Crippen LogP) is 2.20. The molecule has 0 unspecified atom stereocenters. The van der Waals surface area contributed by atoms with E-state index in [-0.39, 0.29) is 18.6 Å². The first-order valence-corrected chi connectivity index (χ1v) is 6.21. The highest BCUT2D eigenvalue weighted by molar-refractivity contribution is 6.09. The van der Waals surface area contributed by atoms with E-state index in [0.717, 1.165) is 11.3 Å². The largest absolute Gasteiger partial charge is 0.497 e. The second kappa shape index (κ2) is 6.28. The van der Waals surface area contributed by atoms with Gasteiger partial charge in [-0.15, -0.1) is 0 Å². The van der Waals surface area contributed by atoms with Gasteiger partial charge in [0.2, 0.25) is 5.89 Å². The maximum Gasteiger partial charge on any atom is 0.360 e. The Labute approximate surface area is 118 Å². The number of aromatic nitrogens is 1. The smallest absolute Gasteiger partial charge is 0.360 e. The van der Waals surface area contributed by atoms with Gasteiger partial charge in [-0.2, -0.15) is 0 Å². The van der Waals surface area contributed by atoms with Crippen molar-refractivity contribution in [1.82, 2.24) is 4.98 Å². The Bertz CT molecular complexity index is 592. The quantitative estimate of drug-likeness (QED) is 0.616. The lowest BCUT2D eigenvalue weighted by Crippen LogP contribution is -2.07. The summed E-state index contributed by atoms with van der Waals surface area (Å²) in [7, 11) is 7.15. The topological polar surface area (TPSA) is 61.6 Å². The predicted molar refractivity (Wildman–Crippen MR) is 73.9 cm³/mol. The van der Waals surface area contributed by atoms with E-state index in [1.54, 1.807) is 38.3 Å². The molecule has 0 N–H and O–H groups in total. The van der Waals surface area contributed by atoms with Crippen molar-refractivity contribution in [3.05, 3.63) is 35.7 Å². The van der Waals surface area contributed by atoms with E-state index in [1.807, 2.05) is 0 Å². The monoisotopic (exact) mass is 271 g/mol. The van der Waals surface area contributed by atoms with E-state index in [9.17, 15) is 4.79 Å². The third kappa shape index (κ3) is 2.84. The summed E-state index contributed by atoms with van der Waals surface area (Å²) < 4.78 is 15.5. The van der Waals surface area contributed by atoms with E-state index < -0.39 is 5.97 Å². The van der Waals surface area contributed by atoms with Crippen LogP contribution in [-0.2, 0) is 11.1 Å². The third-order valence-electron chi connectivity index (χ3n) is 2.69. The molecule has 2 radical (unpaired) electrons. The van der Waals surface area contributed by atoms with Gasteiger partial charge in [0.1, 0.15) is 11.5 Å². The minimum atomic E-state index is -0.531. The van der Waals surface area contributed by atoms with Gasteiger partial charge in [0.15, 0.2) is 5.69 Å². The van der Waals surface area contributed by atoms with E-state index in [4.69, 9.17) is 21.7 Å². The summed E-state index contributed by atoms with van der Waals surface area (Å²) in [6, 6.07) is 7.15. The zero-order chi connectivity index (χ0) is 14.5. The number of benzene rings is 1. The zero-order valence-electron chi connectivity index (χ0n) is 11.4.